The van der Waals surface area contributed by atoms with E-state index in [2.05, 4.69) is 10.5 Å². The van der Waals surface area contributed by atoms with Gasteiger partial charge in [0.25, 0.3) is 11.6 Å². The van der Waals surface area contributed by atoms with E-state index in [0.29, 0.717) is 17.0 Å². The van der Waals surface area contributed by atoms with Gasteiger partial charge in [-0.05, 0) is 24.3 Å². The molecule has 1 amide bonds. The van der Waals surface area contributed by atoms with Crippen molar-refractivity contribution in [2.45, 2.75) is 13.0 Å². The van der Waals surface area contributed by atoms with Crippen LogP contribution in [0.2, 0.25) is 0 Å². The van der Waals surface area contributed by atoms with E-state index in [1.54, 1.807) is 24.3 Å². The molecule has 0 bridgehead atoms. The minimum atomic E-state index is -0.740. The van der Waals surface area contributed by atoms with Crippen molar-refractivity contribution in [3.63, 3.8) is 0 Å². The molecule has 1 heterocycles. The van der Waals surface area contributed by atoms with Crippen LogP contribution in [0, 0.1) is 16.0 Å². The summed E-state index contributed by atoms with van der Waals surface area (Å²) in [6, 6.07) is 15.1. The summed E-state index contributed by atoms with van der Waals surface area (Å²) < 4.78 is 0. The molecule has 0 saturated heterocycles. The second kappa shape index (κ2) is 6.49. The number of oxime groups is 1. The van der Waals surface area contributed by atoms with Crippen molar-refractivity contribution < 1.29 is 14.6 Å². The summed E-state index contributed by atoms with van der Waals surface area (Å²) >= 11 is 0. The molecule has 0 spiro atoms. The maximum Gasteiger partial charge on any atom is 0.269 e. The molecule has 7 heteroatoms. The van der Waals surface area contributed by atoms with E-state index < -0.39 is 11.0 Å². The molecule has 3 rings (SSSR count). The number of nitro groups is 1. The van der Waals surface area contributed by atoms with E-state index >= 15 is 0 Å². The summed E-state index contributed by atoms with van der Waals surface area (Å²) in [5, 5.41) is 17.5. The number of carbonyl (C=O) groups excluding carboxylic acids is 1. The number of amides is 1. The third kappa shape index (κ3) is 3.10. The van der Waals surface area contributed by atoms with Crippen molar-refractivity contribution in [2.24, 2.45) is 11.1 Å². The van der Waals surface area contributed by atoms with Crippen LogP contribution >= 0.6 is 0 Å². The number of hydrogen-bond acceptors (Lipinski definition) is 5. The highest BCUT2D eigenvalue weighted by Crippen LogP contribution is 2.25. The largest absolute Gasteiger partial charge is 0.381 e. The maximum absolute atomic E-state index is 12.3. The van der Waals surface area contributed by atoms with E-state index in [1.807, 2.05) is 25.1 Å². The number of hydrogen-bond donors (Lipinski definition) is 1. The maximum atomic E-state index is 12.3. The first-order valence-corrected chi connectivity index (χ1v) is 7.40. The van der Waals surface area contributed by atoms with Gasteiger partial charge in [-0.3, -0.25) is 14.9 Å². The van der Waals surface area contributed by atoms with Crippen molar-refractivity contribution in [1.29, 1.82) is 0 Å². The van der Waals surface area contributed by atoms with Crippen molar-refractivity contribution in [2.75, 3.05) is 5.32 Å². The van der Waals surface area contributed by atoms with E-state index in [0.717, 1.165) is 0 Å². The molecule has 122 valence electrons. The fourth-order valence-corrected chi connectivity index (χ4v) is 2.51. The number of anilines is 1. The highest BCUT2D eigenvalue weighted by Gasteiger charge is 2.36. The van der Waals surface area contributed by atoms with Crippen LogP contribution in [0.3, 0.4) is 0 Å². The Morgan fingerprint density at radius 2 is 1.83 bits per heavy atom. The summed E-state index contributed by atoms with van der Waals surface area (Å²) in [6.07, 6.45) is -0.740. The fourth-order valence-electron chi connectivity index (χ4n) is 2.51. The first-order chi connectivity index (χ1) is 11.6. The highest BCUT2D eigenvalue weighted by molar-refractivity contribution is 6.07. The number of para-hydroxylation sites is 1. The molecular formula is C17H15N3O4. The van der Waals surface area contributed by atoms with Crippen LogP contribution < -0.4 is 5.32 Å². The number of nitrogens with zero attached hydrogens (tertiary/aromatic N) is 2. The molecule has 1 aliphatic heterocycles. The lowest BCUT2D eigenvalue weighted by molar-refractivity contribution is -0.384. The second-order valence-electron chi connectivity index (χ2n) is 5.45. The topological polar surface area (TPSA) is 93.8 Å². The number of benzene rings is 2. The van der Waals surface area contributed by atoms with Crippen molar-refractivity contribution in [3.8, 4) is 0 Å². The van der Waals surface area contributed by atoms with Gasteiger partial charge in [0.05, 0.1) is 16.6 Å². The first-order valence-electron chi connectivity index (χ1n) is 7.40. The lowest BCUT2D eigenvalue weighted by Gasteiger charge is -2.14. The summed E-state index contributed by atoms with van der Waals surface area (Å²) in [4.78, 5) is 27.9. The third-order valence-electron chi connectivity index (χ3n) is 3.82. The van der Waals surface area contributed by atoms with Gasteiger partial charge < -0.3 is 10.2 Å². The normalized spacial score (nSPS) is 19.3. The molecule has 0 aliphatic carbocycles. The van der Waals surface area contributed by atoms with Gasteiger partial charge in [-0.25, -0.2) is 0 Å². The molecule has 0 saturated carbocycles. The van der Waals surface area contributed by atoms with Crippen LogP contribution in [0.25, 0.3) is 0 Å². The quantitative estimate of drug-likeness (QED) is 0.690. The minimum absolute atomic E-state index is 0.00397. The van der Waals surface area contributed by atoms with Gasteiger partial charge in [0.1, 0.15) is 0 Å². The van der Waals surface area contributed by atoms with Crippen LogP contribution in [0.4, 0.5) is 11.4 Å². The van der Waals surface area contributed by atoms with Gasteiger partial charge in [0, 0.05) is 23.4 Å². The van der Waals surface area contributed by atoms with Gasteiger partial charge in [0.2, 0.25) is 6.10 Å². The average Bonchev–Trinajstić information content (AvgIpc) is 2.97. The molecule has 1 N–H and O–H groups in total. The van der Waals surface area contributed by atoms with Crippen LogP contribution in [-0.2, 0) is 9.63 Å². The van der Waals surface area contributed by atoms with E-state index in [9.17, 15) is 14.9 Å². The molecule has 0 radical (unpaired) electrons. The summed E-state index contributed by atoms with van der Waals surface area (Å²) in [5.74, 6) is -0.551. The SMILES string of the molecule is CC1C(c2ccc([N+](=O)[O-])cc2)=NOC1C(=O)Nc1ccccc1. The van der Waals surface area contributed by atoms with E-state index in [4.69, 9.17) is 4.84 Å². The fraction of sp³-hybridized carbons (Fsp3) is 0.176. The van der Waals surface area contributed by atoms with Crippen molar-refractivity contribution >= 4 is 23.0 Å². The Balaban J connectivity index is 1.71. The molecule has 1 aliphatic rings. The zero-order chi connectivity index (χ0) is 17.1. The summed E-state index contributed by atoms with van der Waals surface area (Å²) in [7, 11) is 0. The molecule has 2 unspecified atom stereocenters. The van der Waals surface area contributed by atoms with Crippen LogP contribution in [0.5, 0.6) is 0 Å². The smallest absolute Gasteiger partial charge is 0.269 e. The van der Waals surface area contributed by atoms with E-state index in [1.165, 1.54) is 12.1 Å². The summed E-state index contributed by atoms with van der Waals surface area (Å²) in [5.41, 5.74) is 1.98. The number of nitro benzene ring substituents is 1. The highest BCUT2D eigenvalue weighted by atomic mass is 16.6. The lowest BCUT2D eigenvalue weighted by Crippen LogP contribution is -2.34. The molecule has 2 atom stereocenters. The van der Waals surface area contributed by atoms with Crippen LogP contribution in [-0.4, -0.2) is 22.6 Å². The van der Waals surface area contributed by atoms with Gasteiger partial charge in [-0.1, -0.05) is 30.3 Å². The zero-order valence-electron chi connectivity index (χ0n) is 12.9. The Morgan fingerprint density at radius 1 is 1.17 bits per heavy atom. The molecule has 24 heavy (non-hydrogen) atoms. The Kier molecular flexibility index (Phi) is 4.24. The monoisotopic (exact) mass is 325 g/mol. The lowest BCUT2D eigenvalue weighted by atomic mass is 9.93. The predicted molar refractivity (Wildman–Crippen MR) is 88.7 cm³/mol. The minimum Gasteiger partial charge on any atom is -0.381 e. The van der Waals surface area contributed by atoms with Crippen molar-refractivity contribution in [1.82, 2.24) is 0 Å². The summed E-state index contributed by atoms with van der Waals surface area (Å²) in [6.45, 7) is 1.84. The molecule has 7 nitrogen and oxygen atoms in total. The van der Waals surface area contributed by atoms with Crippen molar-refractivity contribution in [3.05, 3.63) is 70.3 Å². The molecule has 2 aromatic carbocycles. The third-order valence-corrected chi connectivity index (χ3v) is 3.82. The van der Waals surface area contributed by atoms with Gasteiger partial charge >= 0.3 is 0 Å². The number of carbonyl (C=O) groups is 1. The molecule has 0 fully saturated rings. The molecular weight excluding hydrogens is 310 g/mol. The zero-order valence-corrected chi connectivity index (χ0v) is 12.9. The van der Waals surface area contributed by atoms with Gasteiger partial charge in [-0.15, -0.1) is 0 Å². The Hall–Kier alpha value is -3.22. The Bertz CT molecular complexity index is 787. The molecule has 2 aromatic rings. The predicted octanol–water partition coefficient (Wildman–Crippen LogP) is 2.97. The standard InChI is InChI=1S/C17H15N3O4/c1-11-15(12-7-9-14(10-8-12)20(22)23)19-24-16(11)17(21)18-13-5-3-2-4-6-13/h2-11,16H,1H3,(H,18,21). The van der Waals surface area contributed by atoms with E-state index in [-0.39, 0.29) is 17.5 Å². The van der Waals surface area contributed by atoms with Gasteiger partial charge in [-0.2, -0.15) is 0 Å². The molecule has 0 aromatic heterocycles. The van der Waals surface area contributed by atoms with Gasteiger partial charge in [0.15, 0.2) is 0 Å². The van der Waals surface area contributed by atoms with Crippen LogP contribution in [0.1, 0.15) is 12.5 Å². The Morgan fingerprint density at radius 3 is 2.46 bits per heavy atom. The average molecular weight is 325 g/mol. The Labute approximate surface area is 138 Å². The van der Waals surface area contributed by atoms with Crippen LogP contribution in [0.15, 0.2) is 59.8 Å². The number of non-ortho nitro benzene ring substituents is 1. The number of nitrogens with one attached hydrogen (secondary N) is 1. The second-order valence-corrected chi connectivity index (χ2v) is 5.45. The number of rotatable bonds is 4. The first kappa shape index (κ1) is 15.7.